The summed E-state index contributed by atoms with van der Waals surface area (Å²) in [6.07, 6.45) is 3.11. The van der Waals surface area contributed by atoms with Crippen LogP contribution in [-0.4, -0.2) is 49.2 Å². The summed E-state index contributed by atoms with van der Waals surface area (Å²) in [6, 6.07) is 3.29. The van der Waals surface area contributed by atoms with Crippen molar-refractivity contribution in [2.75, 3.05) is 32.1 Å². The first-order valence-electron chi connectivity index (χ1n) is 7.26. The van der Waals surface area contributed by atoms with Crippen LogP contribution >= 0.6 is 15.9 Å². The molecule has 2 heterocycles. The second-order valence-corrected chi connectivity index (χ2v) is 6.94. The number of pyridine rings is 1. The number of halogens is 1. The zero-order valence-electron chi connectivity index (χ0n) is 12.9. The van der Waals surface area contributed by atoms with Gasteiger partial charge in [-0.1, -0.05) is 13.8 Å². The third kappa shape index (κ3) is 3.93. The van der Waals surface area contributed by atoms with Crippen molar-refractivity contribution in [2.45, 2.75) is 38.9 Å². The van der Waals surface area contributed by atoms with Crippen LogP contribution in [0, 0.1) is 0 Å². The van der Waals surface area contributed by atoms with Crippen LogP contribution in [0.3, 0.4) is 0 Å². The van der Waals surface area contributed by atoms with Gasteiger partial charge in [0.05, 0.1) is 0 Å². The van der Waals surface area contributed by atoms with Gasteiger partial charge in [0.2, 0.25) is 0 Å². The molecule has 112 valence electrons. The minimum Gasteiger partial charge on any atom is -0.355 e. The van der Waals surface area contributed by atoms with Gasteiger partial charge >= 0.3 is 0 Å². The van der Waals surface area contributed by atoms with Gasteiger partial charge in [0.25, 0.3) is 0 Å². The second kappa shape index (κ2) is 6.87. The molecular weight excluding hydrogens is 316 g/mol. The molecule has 4 nitrogen and oxygen atoms in total. The van der Waals surface area contributed by atoms with Gasteiger partial charge in [0, 0.05) is 48.0 Å². The maximum absolute atomic E-state index is 4.65. The zero-order valence-corrected chi connectivity index (χ0v) is 14.4. The molecule has 1 aliphatic heterocycles. The van der Waals surface area contributed by atoms with Crippen LogP contribution in [0.25, 0.3) is 0 Å². The van der Waals surface area contributed by atoms with Crippen molar-refractivity contribution in [1.82, 2.24) is 15.2 Å². The van der Waals surface area contributed by atoms with Crippen LogP contribution in [0.2, 0.25) is 0 Å². The molecule has 1 aromatic rings. The Bertz CT molecular complexity index is 447. The lowest BCUT2D eigenvalue weighted by atomic mass is 10.2. The van der Waals surface area contributed by atoms with E-state index in [1.807, 2.05) is 6.20 Å². The summed E-state index contributed by atoms with van der Waals surface area (Å²) in [5.74, 6) is 1.13. The van der Waals surface area contributed by atoms with Gasteiger partial charge in [-0.2, -0.15) is 0 Å². The van der Waals surface area contributed by atoms with E-state index in [9.17, 15) is 0 Å². The first-order valence-corrected chi connectivity index (χ1v) is 8.06. The summed E-state index contributed by atoms with van der Waals surface area (Å²) in [6.45, 7) is 7.36. The average Bonchev–Trinajstić information content (AvgIpc) is 2.86. The summed E-state index contributed by atoms with van der Waals surface area (Å²) in [7, 11) is 4.31. The summed E-state index contributed by atoms with van der Waals surface area (Å²) in [5, 5.41) is 3.49. The van der Waals surface area contributed by atoms with E-state index >= 15 is 0 Å². The Labute approximate surface area is 130 Å². The summed E-state index contributed by atoms with van der Waals surface area (Å²) in [4.78, 5) is 9.37. The number of nitrogens with one attached hydrogen (secondary N) is 1. The number of nitrogens with zero attached hydrogens (tertiary/aromatic N) is 3. The molecule has 5 heteroatoms. The highest BCUT2D eigenvalue weighted by Gasteiger charge is 2.26. The minimum absolute atomic E-state index is 0.481. The molecule has 20 heavy (non-hydrogen) atoms. The van der Waals surface area contributed by atoms with Gasteiger partial charge in [0.15, 0.2) is 0 Å². The molecule has 1 aromatic heterocycles. The van der Waals surface area contributed by atoms with E-state index in [4.69, 9.17) is 0 Å². The fourth-order valence-electron chi connectivity index (χ4n) is 2.56. The normalized spacial score (nSPS) is 19.4. The quantitative estimate of drug-likeness (QED) is 0.892. The summed E-state index contributed by atoms with van der Waals surface area (Å²) in [5.41, 5.74) is 1.27. The maximum atomic E-state index is 4.65. The van der Waals surface area contributed by atoms with Gasteiger partial charge in [-0.25, -0.2) is 4.98 Å². The fourth-order valence-corrected chi connectivity index (χ4v) is 2.94. The average molecular weight is 341 g/mol. The molecule has 1 atom stereocenters. The van der Waals surface area contributed by atoms with E-state index in [-0.39, 0.29) is 0 Å². The van der Waals surface area contributed by atoms with Crippen molar-refractivity contribution in [3.63, 3.8) is 0 Å². The molecule has 0 radical (unpaired) electrons. The van der Waals surface area contributed by atoms with Crippen molar-refractivity contribution >= 4 is 21.7 Å². The second-order valence-electron chi connectivity index (χ2n) is 6.02. The van der Waals surface area contributed by atoms with Gasteiger partial charge in [0.1, 0.15) is 5.82 Å². The molecule has 1 saturated heterocycles. The van der Waals surface area contributed by atoms with E-state index in [1.165, 1.54) is 12.0 Å². The fraction of sp³-hybridized carbons (Fsp3) is 0.667. The topological polar surface area (TPSA) is 31.4 Å². The molecule has 0 saturated carbocycles. The Hall–Kier alpha value is -0.650. The Morgan fingerprint density at radius 2 is 2.25 bits per heavy atom. The third-order valence-corrected chi connectivity index (χ3v) is 4.24. The van der Waals surface area contributed by atoms with E-state index < -0.39 is 0 Å². The Morgan fingerprint density at radius 3 is 2.85 bits per heavy atom. The Kier molecular flexibility index (Phi) is 5.41. The van der Waals surface area contributed by atoms with Gasteiger partial charge in [-0.15, -0.1) is 0 Å². The largest absolute Gasteiger partial charge is 0.355 e. The van der Waals surface area contributed by atoms with Gasteiger partial charge in [-0.05, 0) is 42.5 Å². The van der Waals surface area contributed by atoms with Crippen molar-refractivity contribution < 1.29 is 0 Å². The molecule has 2 rings (SSSR count). The Balaban J connectivity index is 2.14. The van der Waals surface area contributed by atoms with Crippen LogP contribution < -0.4 is 10.2 Å². The maximum Gasteiger partial charge on any atom is 0.133 e. The van der Waals surface area contributed by atoms with E-state index in [1.54, 1.807) is 0 Å². The zero-order chi connectivity index (χ0) is 14.7. The van der Waals surface area contributed by atoms with Gasteiger partial charge < -0.3 is 15.1 Å². The first-order chi connectivity index (χ1) is 9.47. The number of rotatable bonds is 5. The SMILES string of the molecule is CC(C)NCc1cc(Br)cnc1N1CCC(N(C)C)C1. The van der Waals surface area contributed by atoms with Crippen LogP contribution in [-0.2, 0) is 6.54 Å². The highest BCUT2D eigenvalue weighted by Crippen LogP contribution is 2.26. The number of aromatic nitrogens is 1. The Morgan fingerprint density at radius 1 is 1.50 bits per heavy atom. The smallest absolute Gasteiger partial charge is 0.133 e. The molecular formula is C15H25BrN4. The molecule has 1 N–H and O–H groups in total. The summed E-state index contributed by atoms with van der Waals surface area (Å²) < 4.78 is 1.05. The lowest BCUT2D eigenvalue weighted by Gasteiger charge is -2.23. The first kappa shape index (κ1) is 15.7. The lowest BCUT2D eigenvalue weighted by molar-refractivity contribution is 0.315. The number of hydrogen-bond acceptors (Lipinski definition) is 4. The molecule has 1 unspecified atom stereocenters. The van der Waals surface area contributed by atoms with Crippen LogP contribution in [0.1, 0.15) is 25.8 Å². The van der Waals surface area contributed by atoms with E-state index in [2.05, 4.69) is 70.0 Å². The molecule has 0 aromatic carbocycles. The predicted molar refractivity (Wildman–Crippen MR) is 88.2 cm³/mol. The van der Waals surface area contributed by atoms with Crippen LogP contribution in [0.5, 0.6) is 0 Å². The molecule has 1 fully saturated rings. The molecule has 1 aliphatic rings. The molecule has 0 amide bonds. The van der Waals surface area contributed by atoms with E-state index in [0.29, 0.717) is 12.1 Å². The molecule has 0 spiro atoms. The predicted octanol–water partition coefficient (Wildman–Crippen LogP) is 2.48. The summed E-state index contributed by atoms with van der Waals surface area (Å²) >= 11 is 3.53. The molecule has 0 aliphatic carbocycles. The monoisotopic (exact) mass is 340 g/mol. The molecule has 0 bridgehead atoms. The van der Waals surface area contributed by atoms with Crippen molar-refractivity contribution in [3.8, 4) is 0 Å². The third-order valence-electron chi connectivity index (χ3n) is 3.80. The number of likely N-dealkylation sites (N-methyl/N-ethyl adjacent to an activating group) is 1. The number of hydrogen-bond donors (Lipinski definition) is 1. The lowest BCUT2D eigenvalue weighted by Crippen LogP contribution is -2.32. The van der Waals surface area contributed by atoms with Gasteiger partial charge in [-0.3, -0.25) is 0 Å². The van der Waals surface area contributed by atoms with Crippen molar-refractivity contribution in [2.24, 2.45) is 0 Å². The van der Waals surface area contributed by atoms with Crippen molar-refractivity contribution in [3.05, 3.63) is 22.3 Å². The standard InChI is InChI=1S/C15H25BrN4/c1-11(2)17-8-12-7-13(16)9-18-15(12)20-6-5-14(10-20)19(3)4/h7,9,11,14,17H,5-6,8,10H2,1-4H3. The van der Waals surface area contributed by atoms with Crippen LogP contribution in [0.15, 0.2) is 16.7 Å². The number of anilines is 1. The minimum atomic E-state index is 0.481. The van der Waals surface area contributed by atoms with E-state index in [0.717, 1.165) is 29.9 Å². The van der Waals surface area contributed by atoms with Crippen LogP contribution in [0.4, 0.5) is 5.82 Å². The van der Waals surface area contributed by atoms with Crippen molar-refractivity contribution in [1.29, 1.82) is 0 Å². The highest BCUT2D eigenvalue weighted by molar-refractivity contribution is 9.10. The highest BCUT2D eigenvalue weighted by atomic mass is 79.9.